The van der Waals surface area contributed by atoms with Crippen LogP contribution in [0, 0.1) is 20.8 Å². The van der Waals surface area contributed by atoms with Crippen molar-refractivity contribution in [1.82, 2.24) is 4.57 Å². The average molecular weight is 418 g/mol. The molecule has 5 heteroatoms. The van der Waals surface area contributed by atoms with E-state index in [1.54, 1.807) is 0 Å². The van der Waals surface area contributed by atoms with E-state index in [0.29, 0.717) is 16.3 Å². The molecule has 152 valence electrons. The minimum absolute atomic E-state index is 0.469. The Balaban J connectivity index is 1.71. The van der Waals surface area contributed by atoms with Crippen molar-refractivity contribution in [3.8, 4) is 0 Å². The molecule has 0 saturated carbocycles. The van der Waals surface area contributed by atoms with Crippen molar-refractivity contribution >= 4 is 39.6 Å². The molecule has 1 aromatic heterocycles. The molecule has 30 heavy (non-hydrogen) atoms. The fourth-order valence-corrected chi connectivity index (χ4v) is 4.14. The number of aryl methyl sites for hydroxylation is 4. The first-order chi connectivity index (χ1) is 14.4. The van der Waals surface area contributed by atoms with Crippen molar-refractivity contribution in [3.63, 3.8) is 0 Å². The van der Waals surface area contributed by atoms with Crippen LogP contribution in [0.3, 0.4) is 0 Å². The molecule has 4 rings (SSSR count). The van der Waals surface area contributed by atoms with Gasteiger partial charge >= 0.3 is 0 Å². The summed E-state index contributed by atoms with van der Waals surface area (Å²) in [6, 6.07) is 18.1. The fourth-order valence-electron chi connectivity index (χ4n) is 3.87. The van der Waals surface area contributed by atoms with Crippen LogP contribution in [0.2, 0.25) is 5.02 Å². The highest BCUT2D eigenvalue weighted by atomic mass is 35.5. The number of nitrogens with zero attached hydrogens (tertiary/aromatic N) is 2. The lowest BCUT2D eigenvalue weighted by molar-refractivity contribution is 0.319. The van der Waals surface area contributed by atoms with Gasteiger partial charge in [0.25, 0.3) is 0 Å². The minimum atomic E-state index is 0.469. The monoisotopic (exact) mass is 417 g/mol. The summed E-state index contributed by atoms with van der Waals surface area (Å²) in [7, 11) is 2.03. The number of benzene rings is 3. The number of anilines is 2. The van der Waals surface area contributed by atoms with Crippen LogP contribution in [0.5, 0.6) is 0 Å². The summed E-state index contributed by atoms with van der Waals surface area (Å²) in [6.07, 6.45) is 2.04. The highest BCUT2D eigenvalue weighted by Crippen LogP contribution is 2.30. The molecule has 0 aliphatic rings. The number of hydrogen-bond acceptors (Lipinski definition) is 3. The number of rotatable bonds is 4. The molecule has 0 fully saturated rings. The highest BCUT2D eigenvalue weighted by Gasteiger charge is 2.16. The van der Waals surface area contributed by atoms with E-state index in [1.807, 2.05) is 63.5 Å². The predicted octanol–water partition coefficient (Wildman–Crippen LogP) is 6.73. The third-order valence-corrected chi connectivity index (χ3v) is 5.91. The summed E-state index contributed by atoms with van der Waals surface area (Å²) in [5.41, 5.74) is 8.41. The number of oxime groups is 1. The Bertz CT molecular complexity index is 1290. The molecule has 0 amide bonds. The molecule has 3 aromatic carbocycles. The number of para-hydroxylation sites is 1. The van der Waals surface area contributed by atoms with Crippen molar-refractivity contribution < 1.29 is 5.21 Å². The Labute approximate surface area is 181 Å². The van der Waals surface area contributed by atoms with Gasteiger partial charge in [0.15, 0.2) is 0 Å². The van der Waals surface area contributed by atoms with Gasteiger partial charge in [-0.15, -0.1) is 0 Å². The molecule has 0 unspecified atom stereocenters. The van der Waals surface area contributed by atoms with Gasteiger partial charge in [0, 0.05) is 35.4 Å². The Morgan fingerprint density at radius 1 is 0.933 bits per heavy atom. The van der Waals surface area contributed by atoms with Gasteiger partial charge in [0.1, 0.15) is 5.71 Å². The van der Waals surface area contributed by atoms with E-state index in [4.69, 9.17) is 11.6 Å². The van der Waals surface area contributed by atoms with E-state index >= 15 is 0 Å². The Morgan fingerprint density at radius 3 is 2.43 bits per heavy atom. The van der Waals surface area contributed by atoms with Crippen LogP contribution in [-0.4, -0.2) is 15.5 Å². The van der Waals surface area contributed by atoms with Crippen molar-refractivity contribution in [2.45, 2.75) is 20.8 Å². The largest absolute Gasteiger partial charge is 0.410 e. The number of halogens is 1. The minimum Gasteiger partial charge on any atom is -0.410 e. The van der Waals surface area contributed by atoms with Crippen LogP contribution < -0.4 is 5.32 Å². The van der Waals surface area contributed by atoms with Gasteiger partial charge in [-0.05, 0) is 73.9 Å². The maximum Gasteiger partial charge on any atom is 0.118 e. The van der Waals surface area contributed by atoms with Crippen molar-refractivity contribution in [1.29, 1.82) is 0 Å². The van der Waals surface area contributed by atoms with Gasteiger partial charge in [0.2, 0.25) is 0 Å². The summed E-state index contributed by atoms with van der Waals surface area (Å²) in [5, 5.41) is 18.5. The first-order valence-electron chi connectivity index (χ1n) is 9.80. The lowest BCUT2D eigenvalue weighted by Gasteiger charge is -2.14. The maximum atomic E-state index is 9.78. The van der Waals surface area contributed by atoms with Crippen LogP contribution >= 0.6 is 11.6 Å². The molecule has 4 nitrogen and oxygen atoms in total. The van der Waals surface area contributed by atoms with Crippen LogP contribution in [0.15, 0.2) is 65.9 Å². The van der Waals surface area contributed by atoms with E-state index in [-0.39, 0.29) is 0 Å². The molecule has 4 aromatic rings. The summed E-state index contributed by atoms with van der Waals surface area (Å²) in [6.45, 7) is 6.13. The number of aromatic nitrogens is 1. The smallest absolute Gasteiger partial charge is 0.118 e. The normalized spacial score (nSPS) is 11.8. The standard InChI is InChI=1S/C25H24ClN3O/c1-15-12-17(3)21(13-16(15)2)24(28-30)20-9-8-19(14-22(20)26)27-23-7-5-6-18-10-11-29(4)25(18)23/h5-14,27,30H,1-4H3. The van der Waals surface area contributed by atoms with E-state index in [2.05, 4.69) is 40.2 Å². The molecule has 1 heterocycles. The molecule has 0 aliphatic carbocycles. The zero-order chi connectivity index (χ0) is 21.4. The highest BCUT2D eigenvalue weighted by molar-refractivity contribution is 6.35. The summed E-state index contributed by atoms with van der Waals surface area (Å²) >= 11 is 6.63. The predicted molar refractivity (Wildman–Crippen MR) is 126 cm³/mol. The molecular formula is C25H24ClN3O. The van der Waals surface area contributed by atoms with E-state index in [9.17, 15) is 5.21 Å². The number of nitrogens with one attached hydrogen (secondary N) is 1. The lowest BCUT2D eigenvalue weighted by Crippen LogP contribution is -2.08. The van der Waals surface area contributed by atoms with Crippen LogP contribution in [-0.2, 0) is 7.05 Å². The fraction of sp³-hybridized carbons (Fsp3) is 0.160. The molecule has 0 radical (unpaired) electrons. The molecule has 0 bridgehead atoms. The van der Waals surface area contributed by atoms with E-state index in [1.165, 1.54) is 10.9 Å². The zero-order valence-electron chi connectivity index (χ0n) is 17.5. The second-order valence-corrected chi connectivity index (χ2v) is 8.10. The summed E-state index contributed by atoms with van der Waals surface area (Å²) in [5.74, 6) is 0. The molecule has 0 aliphatic heterocycles. The van der Waals surface area contributed by atoms with Crippen molar-refractivity contribution in [2.24, 2.45) is 12.2 Å². The topological polar surface area (TPSA) is 49.6 Å². The molecular weight excluding hydrogens is 394 g/mol. The Hall–Kier alpha value is -3.24. The molecule has 0 saturated heterocycles. The Morgan fingerprint density at radius 2 is 1.70 bits per heavy atom. The third kappa shape index (κ3) is 3.55. The second-order valence-electron chi connectivity index (χ2n) is 7.69. The van der Waals surface area contributed by atoms with Gasteiger partial charge in [-0.2, -0.15) is 0 Å². The quantitative estimate of drug-likeness (QED) is 0.220. The molecule has 0 atom stereocenters. The maximum absolute atomic E-state index is 9.78. The van der Waals surface area contributed by atoms with Crippen LogP contribution in [0.4, 0.5) is 11.4 Å². The van der Waals surface area contributed by atoms with Crippen LogP contribution in [0.25, 0.3) is 10.9 Å². The van der Waals surface area contributed by atoms with E-state index in [0.717, 1.165) is 33.6 Å². The third-order valence-electron chi connectivity index (χ3n) is 5.60. The van der Waals surface area contributed by atoms with Gasteiger partial charge in [-0.25, -0.2) is 0 Å². The molecule has 0 spiro atoms. The average Bonchev–Trinajstić information content (AvgIpc) is 3.10. The van der Waals surface area contributed by atoms with E-state index < -0.39 is 0 Å². The van der Waals surface area contributed by atoms with Crippen molar-refractivity contribution in [2.75, 3.05) is 5.32 Å². The van der Waals surface area contributed by atoms with Gasteiger partial charge in [-0.3, -0.25) is 0 Å². The second kappa shape index (κ2) is 7.88. The Kier molecular flexibility index (Phi) is 5.27. The number of fused-ring (bicyclic) bond motifs is 1. The van der Waals surface area contributed by atoms with Crippen molar-refractivity contribution in [3.05, 3.63) is 93.6 Å². The summed E-state index contributed by atoms with van der Waals surface area (Å²) in [4.78, 5) is 0. The van der Waals surface area contributed by atoms with Crippen LogP contribution in [0.1, 0.15) is 27.8 Å². The zero-order valence-corrected chi connectivity index (χ0v) is 18.2. The number of hydrogen-bond donors (Lipinski definition) is 2. The van der Waals surface area contributed by atoms with Gasteiger partial charge in [-0.1, -0.05) is 35.0 Å². The first kappa shape index (κ1) is 20.0. The lowest BCUT2D eigenvalue weighted by atomic mass is 9.94. The molecule has 2 N–H and O–H groups in total. The van der Waals surface area contributed by atoms with Gasteiger partial charge in [0.05, 0.1) is 16.2 Å². The first-order valence-corrected chi connectivity index (χ1v) is 10.2. The van der Waals surface area contributed by atoms with Gasteiger partial charge < -0.3 is 15.1 Å². The summed E-state index contributed by atoms with van der Waals surface area (Å²) < 4.78 is 2.09. The SMILES string of the molecule is Cc1cc(C)c(C(=NO)c2ccc(Nc3cccc4ccn(C)c34)cc2Cl)cc1C.